The van der Waals surface area contributed by atoms with E-state index >= 15 is 0 Å². The van der Waals surface area contributed by atoms with Crippen LogP contribution in [0.25, 0.3) is 0 Å². The van der Waals surface area contributed by atoms with Gasteiger partial charge in [0.25, 0.3) is 5.92 Å². The average molecular weight is 333 g/mol. The number of hydrogen-bond acceptors (Lipinski definition) is 3. The minimum Gasteiger partial charge on any atom is -0.460 e. The molecule has 1 aliphatic rings. The molecule has 0 aliphatic carbocycles. The van der Waals surface area contributed by atoms with E-state index in [2.05, 4.69) is 0 Å². The van der Waals surface area contributed by atoms with E-state index < -0.39 is 22.9 Å². The summed E-state index contributed by atoms with van der Waals surface area (Å²) in [5.74, 6) is -3.72. The smallest absolute Gasteiger partial charge is 0.312 e. The van der Waals surface area contributed by atoms with E-state index in [-0.39, 0.29) is 18.1 Å². The van der Waals surface area contributed by atoms with Crippen LogP contribution in [0.15, 0.2) is 0 Å². The maximum Gasteiger partial charge on any atom is 0.312 e. The van der Waals surface area contributed by atoms with Crippen molar-refractivity contribution in [3.63, 3.8) is 0 Å². The van der Waals surface area contributed by atoms with Gasteiger partial charge in [0.15, 0.2) is 0 Å². The molecule has 1 saturated heterocycles. The third-order valence-electron chi connectivity index (χ3n) is 4.46. The maximum absolute atomic E-state index is 14.3. The van der Waals surface area contributed by atoms with E-state index in [1.54, 1.807) is 13.8 Å². The number of alkyl halides is 2. The molecule has 136 valence electrons. The number of rotatable bonds is 4. The Labute approximate surface area is 139 Å². The first-order chi connectivity index (χ1) is 10.0. The number of esters is 1. The monoisotopic (exact) mass is 333 g/mol. The highest BCUT2D eigenvalue weighted by Gasteiger charge is 2.50. The number of halogens is 2. The van der Waals surface area contributed by atoms with Gasteiger partial charge in [-0.05, 0) is 68.2 Å². The summed E-state index contributed by atoms with van der Waals surface area (Å²) in [7, 11) is 0. The molecule has 5 heteroatoms. The Kier molecular flexibility index (Phi) is 5.57. The van der Waals surface area contributed by atoms with Crippen molar-refractivity contribution < 1.29 is 18.3 Å². The van der Waals surface area contributed by atoms with Crippen molar-refractivity contribution in [2.75, 3.05) is 13.1 Å². The van der Waals surface area contributed by atoms with Crippen molar-refractivity contribution in [1.82, 2.24) is 4.90 Å². The number of nitrogens with zero attached hydrogens (tertiary/aromatic N) is 1. The number of carbonyl (C=O) groups is 1. The van der Waals surface area contributed by atoms with E-state index in [1.807, 2.05) is 46.4 Å². The van der Waals surface area contributed by atoms with Crippen LogP contribution in [-0.4, -0.2) is 41.0 Å². The van der Waals surface area contributed by atoms with Crippen LogP contribution in [0.1, 0.15) is 68.2 Å². The van der Waals surface area contributed by atoms with Crippen LogP contribution in [0.2, 0.25) is 0 Å². The zero-order valence-electron chi connectivity index (χ0n) is 15.9. The second-order valence-electron chi connectivity index (χ2n) is 9.43. The van der Waals surface area contributed by atoms with Gasteiger partial charge in [-0.3, -0.25) is 9.69 Å². The second-order valence-corrected chi connectivity index (χ2v) is 9.43. The zero-order chi connectivity index (χ0) is 18.3. The van der Waals surface area contributed by atoms with E-state index in [0.29, 0.717) is 19.4 Å². The molecular formula is C18H33F2NO2. The number of hydrogen-bond donors (Lipinski definition) is 0. The third kappa shape index (κ3) is 5.70. The predicted octanol–water partition coefficient (Wildman–Crippen LogP) is 4.50. The molecule has 0 bridgehead atoms. The van der Waals surface area contributed by atoms with Gasteiger partial charge in [0.1, 0.15) is 5.60 Å². The summed E-state index contributed by atoms with van der Waals surface area (Å²) >= 11 is 0. The van der Waals surface area contributed by atoms with Gasteiger partial charge in [0.05, 0.1) is 12.0 Å². The Balaban J connectivity index is 2.68. The Morgan fingerprint density at radius 2 is 1.65 bits per heavy atom. The molecule has 0 radical (unpaired) electrons. The molecule has 3 nitrogen and oxygen atoms in total. The largest absolute Gasteiger partial charge is 0.460 e. The van der Waals surface area contributed by atoms with E-state index in [4.69, 9.17) is 4.74 Å². The lowest BCUT2D eigenvalue weighted by Gasteiger charge is -2.31. The molecule has 1 heterocycles. The van der Waals surface area contributed by atoms with Gasteiger partial charge < -0.3 is 4.74 Å². The van der Waals surface area contributed by atoms with Crippen LogP contribution >= 0.6 is 0 Å². The highest BCUT2D eigenvalue weighted by atomic mass is 19.3. The number of carbonyl (C=O) groups excluding carboxylic acids is 1. The topological polar surface area (TPSA) is 29.5 Å². The quantitative estimate of drug-likeness (QED) is 0.710. The minimum absolute atomic E-state index is 0.200. The van der Waals surface area contributed by atoms with Crippen LogP contribution in [0, 0.1) is 11.3 Å². The third-order valence-corrected chi connectivity index (χ3v) is 4.46. The Bertz CT molecular complexity index is 433. The first-order valence-electron chi connectivity index (χ1n) is 8.41. The van der Waals surface area contributed by atoms with Gasteiger partial charge >= 0.3 is 5.97 Å². The van der Waals surface area contributed by atoms with Crippen molar-refractivity contribution in [3.05, 3.63) is 0 Å². The molecule has 0 aromatic heterocycles. The first kappa shape index (κ1) is 20.3. The Hall–Kier alpha value is -0.710. The number of ether oxygens (including phenoxy) is 1. The predicted molar refractivity (Wildman–Crippen MR) is 88.6 cm³/mol. The summed E-state index contributed by atoms with van der Waals surface area (Å²) in [5, 5.41) is 0. The summed E-state index contributed by atoms with van der Waals surface area (Å²) in [6.45, 7) is 15.0. The fraction of sp³-hybridized carbons (Fsp3) is 0.944. The van der Waals surface area contributed by atoms with Crippen LogP contribution in [-0.2, 0) is 9.53 Å². The molecule has 0 N–H and O–H groups in total. The molecule has 1 aliphatic heterocycles. The molecule has 1 unspecified atom stereocenters. The normalized spacial score (nSPS) is 23.1. The summed E-state index contributed by atoms with van der Waals surface area (Å²) in [6.07, 6.45) is 0.728. The van der Waals surface area contributed by atoms with Crippen LogP contribution in [0.3, 0.4) is 0 Å². The first-order valence-corrected chi connectivity index (χ1v) is 8.41. The van der Waals surface area contributed by atoms with E-state index in [1.165, 1.54) is 0 Å². The van der Waals surface area contributed by atoms with Gasteiger partial charge in [0.2, 0.25) is 0 Å². The van der Waals surface area contributed by atoms with Crippen LogP contribution < -0.4 is 0 Å². The summed E-state index contributed by atoms with van der Waals surface area (Å²) in [6, 6.07) is 0. The van der Waals surface area contributed by atoms with Crippen molar-refractivity contribution in [3.8, 4) is 0 Å². The lowest BCUT2D eigenvalue weighted by Crippen LogP contribution is -2.40. The van der Waals surface area contributed by atoms with Gasteiger partial charge in [-0.2, -0.15) is 0 Å². The zero-order valence-corrected chi connectivity index (χ0v) is 15.9. The fourth-order valence-corrected chi connectivity index (χ4v) is 2.71. The van der Waals surface area contributed by atoms with Crippen molar-refractivity contribution in [2.45, 2.75) is 85.3 Å². The van der Waals surface area contributed by atoms with Gasteiger partial charge in [-0.25, -0.2) is 8.78 Å². The van der Waals surface area contributed by atoms with Crippen LogP contribution in [0.5, 0.6) is 0 Å². The van der Waals surface area contributed by atoms with E-state index in [0.717, 1.165) is 0 Å². The SMILES string of the molecule is CC(C)(C)OC(=O)C(C)(C)CCC1CN(C(C)(C)C)CC1(F)F. The Morgan fingerprint density at radius 3 is 2.04 bits per heavy atom. The fourth-order valence-electron chi connectivity index (χ4n) is 2.71. The summed E-state index contributed by atoms with van der Waals surface area (Å²) < 4.78 is 34.0. The standard InChI is InChI=1S/C18H33F2NO2/c1-15(2,3)21-11-13(18(19,20)12-21)9-10-17(7,8)14(22)23-16(4,5)6/h13H,9-12H2,1-8H3. The second kappa shape index (κ2) is 6.30. The van der Waals surface area contributed by atoms with Crippen molar-refractivity contribution >= 4 is 5.97 Å². The Morgan fingerprint density at radius 1 is 1.13 bits per heavy atom. The highest BCUT2D eigenvalue weighted by molar-refractivity contribution is 5.76. The minimum atomic E-state index is -2.70. The molecule has 0 aromatic carbocycles. The van der Waals surface area contributed by atoms with E-state index in [9.17, 15) is 13.6 Å². The summed E-state index contributed by atoms with van der Waals surface area (Å²) in [5.41, 5.74) is -1.58. The van der Waals surface area contributed by atoms with Gasteiger partial charge in [0, 0.05) is 18.0 Å². The molecule has 0 spiro atoms. The summed E-state index contributed by atoms with van der Waals surface area (Å²) in [4.78, 5) is 14.1. The maximum atomic E-state index is 14.3. The molecule has 0 saturated carbocycles. The lowest BCUT2D eigenvalue weighted by atomic mass is 9.83. The number of likely N-dealkylation sites (tertiary alicyclic amines) is 1. The average Bonchev–Trinajstić information content (AvgIpc) is 2.59. The molecule has 0 aromatic rings. The molecule has 23 heavy (non-hydrogen) atoms. The molecule has 1 fully saturated rings. The van der Waals surface area contributed by atoms with Crippen molar-refractivity contribution in [2.24, 2.45) is 11.3 Å². The molecule has 1 rings (SSSR count). The van der Waals surface area contributed by atoms with Gasteiger partial charge in [-0.1, -0.05) is 0 Å². The molecule has 0 amide bonds. The highest BCUT2D eigenvalue weighted by Crippen LogP contribution is 2.41. The molecular weight excluding hydrogens is 300 g/mol. The molecule has 1 atom stereocenters. The van der Waals surface area contributed by atoms with Crippen molar-refractivity contribution in [1.29, 1.82) is 0 Å². The lowest BCUT2D eigenvalue weighted by molar-refractivity contribution is -0.166. The van der Waals surface area contributed by atoms with Crippen LogP contribution in [0.4, 0.5) is 8.78 Å². The van der Waals surface area contributed by atoms with Gasteiger partial charge in [-0.15, -0.1) is 0 Å².